The molecule has 0 aliphatic rings. The predicted molar refractivity (Wildman–Crippen MR) is 55.6 cm³/mol. The molecule has 1 unspecified atom stereocenters. The molecule has 3 heteroatoms. The van der Waals surface area contributed by atoms with Crippen molar-refractivity contribution in [1.82, 2.24) is 0 Å². The van der Waals surface area contributed by atoms with Crippen molar-refractivity contribution in [1.29, 1.82) is 0 Å². The Kier molecular flexibility index (Phi) is 3.86. The second kappa shape index (κ2) is 4.94. The summed E-state index contributed by atoms with van der Waals surface area (Å²) in [6.45, 7) is 4.13. The molecule has 0 saturated heterocycles. The van der Waals surface area contributed by atoms with Crippen LogP contribution in [0.25, 0.3) is 0 Å². The van der Waals surface area contributed by atoms with E-state index in [2.05, 4.69) is 6.92 Å². The molecule has 0 amide bonds. The number of ether oxygens (including phenoxy) is 1. The van der Waals surface area contributed by atoms with Gasteiger partial charge in [-0.2, -0.15) is 0 Å². The smallest absolute Gasteiger partial charge is 0.267 e. The summed E-state index contributed by atoms with van der Waals surface area (Å²) in [6, 6.07) is 1.27. The van der Waals surface area contributed by atoms with Gasteiger partial charge in [0.05, 0.1) is 6.10 Å². The van der Waals surface area contributed by atoms with E-state index in [0.717, 1.165) is 25.7 Å². The second-order valence-electron chi connectivity index (χ2n) is 3.49. The highest BCUT2D eigenvalue weighted by Crippen LogP contribution is 2.12. The van der Waals surface area contributed by atoms with Gasteiger partial charge < -0.3 is 4.74 Å². The maximum absolute atomic E-state index is 10.9. The molecular formula is C11H16O3. The highest BCUT2D eigenvalue weighted by molar-refractivity contribution is 5.26. The van der Waals surface area contributed by atoms with Crippen molar-refractivity contribution in [2.75, 3.05) is 0 Å². The summed E-state index contributed by atoms with van der Waals surface area (Å²) < 4.78 is 5.41. The lowest BCUT2D eigenvalue weighted by Crippen LogP contribution is -2.33. The first kappa shape index (κ1) is 11.0. The molecule has 1 atom stereocenters. The molecule has 0 bridgehead atoms. The first-order valence-corrected chi connectivity index (χ1v) is 5.16. The molecule has 0 N–H and O–H groups in total. The number of rotatable bonds is 6. The van der Waals surface area contributed by atoms with E-state index >= 15 is 0 Å². The lowest BCUT2D eigenvalue weighted by atomic mass is 10.1. The van der Waals surface area contributed by atoms with Crippen LogP contribution in [0.3, 0.4) is 0 Å². The van der Waals surface area contributed by atoms with Crippen LogP contribution in [0.2, 0.25) is 0 Å². The highest BCUT2D eigenvalue weighted by Gasteiger charge is 2.15. The first-order chi connectivity index (χ1) is 6.69. The fourth-order valence-electron chi connectivity index (χ4n) is 1.34. The van der Waals surface area contributed by atoms with Crippen molar-refractivity contribution >= 4 is 0 Å². The topological polar surface area (TPSA) is 43.4 Å². The van der Waals surface area contributed by atoms with Crippen LogP contribution < -0.4 is 15.6 Å². The summed E-state index contributed by atoms with van der Waals surface area (Å²) in [4.78, 5) is 21.6. The van der Waals surface area contributed by atoms with Crippen molar-refractivity contribution in [3.05, 3.63) is 26.5 Å². The van der Waals surface area contributed by atoms with E-state index < -0.39 is 10.9 Å². The van der Waals surface area contributed by atoms with Crippen molar-refractivity contribution in [2.24, 2.45) is 0 Å². The van der Waals surface area contributed by atoms with Gasteiger partial charge in [-0.15, -0.1) is 0 Å². The van der Waals surface area contributed by atoms with E-state index in [0.29, 0.717) is 0 Å². The molecule has 0 saturated carbocycles. The van der Waals surface area contributed by atoms with Gasteiger partial charge in [-0.05, 0) is 12.8 Å². The molecule has 1 aromatic carbocycles. The van der Waals surface area contributed by atoms with E-state index in [4.69, 9.17) is 4.74 Å². The standard InChI is InChI=1S/C11H16O3/c1-3-5-6-8(4-2)14-10-7-9(12)11(10)13/h7-8H,3-6H2,1-2H3. The zero-order chi connectivity index (χ0) is 10.6. The molecule has 14 heavy (non-hydrogen) atoms. The summed E-state index contributed by atoms with van der Waals surface area (Å²) in [5.41, 5.74) is -0.912. The fraction of sp³-hybridized carbons (Fsp3) is 0.636. The van der Waals surface area contributed by atoms with Crippen LogP contribution in [0.1, 0.15) is 39.5 Å². The van der Waals surface area contributed by atoms with E-state index in [-0.39, 0.29) is 11.9 Å². The normalized spacial score (nSPS) is 13.0. The lowest BCUT2D eigenvalue weighted by Gasteiger charge is -2.16. The van der Waals surface area contributed by atoms with Crippen LogP contribution in [-0.4, -0.2) is 6.10 Å². The summed E-state index contributed by atoms with van der Waals surface area (Å²) in [5, 5.41) is 0. The molecule has 3 nitrogen and oxygen atoms in total. The molecular weight excluding hydrogens is 180 g/mol. The third-order valence-corrected chi connectivity index (χ3v) is 2.34. The van der Waals surface area contributed by atoms with Gasteiger partial charge in [0.25, 0.3) is 5.43 Å². The summed E-state index contributed by atoms with van der Waals surface area (Å²) in [6.07, 6.45) is 4.11. The molecule has 0 aromatic heterocycles. The molecule has 0 spiro atoms. The maximum atomic E-state index is 10.9. The molecule has 0 aliphatic heterocycles. The molecule has 1 rings (SSSR count). The monoisotopic (exact) mass is 196 g/mol. The molecule has 1 aromatic rings. The Morgan fingerprint density at radius 3 is 2.50 bits per heavy atom. The lowest BCUT2D eigenvalue weighted by molar-refractivity contribution is 0.179. The Bertz CT molecular complexity index is 347. The van der Waals surface area contributed by atoms with Gasteiger partial charge in [-0.3, -0.25) is 9.59 Å². The SMILES string of the molecule is CCCCC(CC)Oc1cc(=O)c1=O. The van der Waals surface area contributed by atoms with Crippen molar-refractivity contribution in [3.63, 3.8) is 0 Å². The van der Waals surface area contributed by atoms with Gasteiger partial charge in [0.1, 0.15) is 0 Å². The molecule has 78 valence electrons. The minimum Gasteiger partial charge on any atom is -0.486 e. The van der Waals surface area contributed by atoms with E-state index in [9.17, 15) is 9.59 Å². The first-order valence-electron chi connectivity index (χ1n) is 5.16. The molecule has 0 radical (unpaired) electrons. The molecule has 0 fully saturated rings. The average molecular weight is 196 g/mol. The maximum Gasteiger partial charge on any atom is 0.267 e. The van der Waals surface area contributed by atoms with Crippen molar-refractivity contribution in [2.45, 2.75) is 45.6 Å². The van der Waals surface area contributed by atoms with E-state index in [1.165, 1.54) is 6.07 Å². The van der Waals surface area contributed by atoms with E-state index in [1.54, 1.807) is 0 Å². The Morgan fingerprint density at radius 1 is 1.36 bits per heavy atom. The van der Waals surface area contributed by atoms with E-state index in [1.807, 2.05) is 6.92 Å². The number of hydrogen-bond donors (Lipinski definition) is 0. The number of hydrogen-bond acceptors (Lipinski definition) is 3. The Labute approximate surface area is 83.4 Å². The van der Waals surface area contributed by atoms with Crippen LogP contribution in [0, 0.1) is 0 Å². The van der Waals surface area contributed by atoms with Crippen LogP contribution in [0.15, 0.2) is 15.7 Å². The fourth-order valence-corrected chi connectivity index (χ4v) is 1.34. The van der Waals surface area contributed by atoms with Crippen molar-refractivity contribution in [3.8, 4) is 5.75 Å². The Morgan fingerprint density at radius 2 is 2.07 bits per heavy atom. The summed E-state index contributed by atoms with van der Waals surface area (Å²) in [7, 11) is 0. The zero-order valence-corrected chi connectivity index (χ0v) is 8.71. The minimum absolute atomic E-state index is 0.0817. The van der Waals surface area contributed by atoms with Crippen LogP contribution in [0.5, 0.6) is 5.75 Å². The third kappa shape index (κ3) is 2.44. The van der Waals surface area contributed by atoms with Gasteiger partial charge in [0, 0.05) is 6.07 Å². The predicted octanol–water partition coefficient (Wildman–Crippen LogP) is 1.63. The van der Waals surface area contributed by atoms with Crippen LogP contribution in [0.4, 0.5) is 0 Å². The van der Waals surface area contributed by atoms with Crippen LogP contribution >= 0.6 is 0 Å². The quantitative estimate of drug-likeness (QED) is 0.649. The van der Waals surface area contributed by atoms with Gasteiger partial charge in [0.15, 0.2) is 5.75 Å². The Hall–Kier alpha value is -1.12. The minimum atomic E-state index is -0.472. The van der Waals surface area contributed by atoms with Gasteiger partial charge in [-0.25, -0.2) is 0 Å². The summed E-state index contributed by atoms with van der Waals surface area (Å²) >= 11 is 0. The molecule has 0 aliphatic carbocycles. The zero-order valence-electron chi connectivity index (χ0n) is 8.71. The van der Waals surface area contributed by atoms with Crippen molar-refractivity contribution < 1.29 is 4.74 Å². The third-order valence-electron chi connectivity index (χ3n) is 2.34. The average Bonchev–Trinajstić information content (AvgIpc) is 2.22. The highest BCUT2D eigenvalue weighted by atomic mass is 16.5. The largest absolute Gasteiger partial charge is 0.486 e. The number of unbranched alkanes of at least 4 members (excludes halogenated alkanes) is 1. The van der Waals surface area contributed by atoms with Crippen LogP contribution in [-0.2, 0) is 0 Å². The summed E-state index contributed by atoms with van der Waals surface area (Å²) in [5.74, 6) is 0.248. The second-order valence-corrected chi connectivity index (χ2v) is 3.49. The van der Waals surface area contributed by atoms with Gasteiger partial charge in [-0.1, -0.05) is 26.7 Å². The molecule has 0 heterocycles. The van der Waals surface area contributed by atoms with Gasteiger partial charge >= 0.3 is 0 Å². The Balaban J connectivity index is 2.46. The van der Waals surface area contributed by atoms with Gasteiger partial charge in [0.2, 0.25) is 5.43 Å².